The zero-order chi connectivity index (χ0) is 15.9. The van der Waals surface area contributed by atoms with Gasteiger partial charge in [0.1, 0.15) is 5.54 Å². The van der Waals surface area contributed by atoms with Gasteiger partial charge < -0.3 is 9.47 Å². The van der Waals surface area contributed by atoms with Crippen molar-refractivity contribution in [3.05, 3.63) is 0 Å². The number of hydrogen-bond acceptors (Lipinski definition) is 5. The summed E-state index contributed by atoms with van der Waals surface area (Å²) < 4.78 is 10.6. The molecule has 0 radical (unpaired) electrons. The third kappa shape index (κ3) is 5.93. The van der Waals surface area contributed by atoms with Crippen LogP contribution in [0.3, 0.4) is 0 Å². The van der Waals surface area contributed by atoms with Crippen LogP contribution >= 0.6 is 0 Å². The highest BCUT2D eigenvalue weighted by atomic mass is 16.5. The molecule has 1 rings (SSSR count). The van der Waals surface area contributed by atoms with Crippen molar-refractivity contribution in [2.24, 2.45) is 0 Å². The molecule has 0 aromatic rings. The Balaban J connectivity index is 2.44. The van der Waals surface area contributed by atoms with E-state index in [0.29, 0.717) is 6.10 Å². The lowest BCUT2D eigenvalue weighted by Gasteiger charge is -2.34. The summed E-state index contributed by atoms with van der Waals surface area (Å²) in [5, 5.41) is 3.35. The Hall–Kier alpha value is -0.650. The maximum atomic E-state index is 12.0. The van der Waals surface area contributed by atoms with Crippen LogP contribution in [-0.4, -0.2) is 61.9 Å². The molecule has 124 valence electrons. The minimum absolute atomic E-state index is 0.176. The zero-order valence-electron chi connectivity index (χ0n) is 14.3. The third-order valence-corrected chi connectivity index (χ3v) is 4.07. The number of nitrogens with one attached hydrogen (secondary N) is 1. The van der Waals surface area contributed by atoms with Gasteiger partial charge >= 0.3 is 5.97 Å². The van der Waals surface area contributed by atoms with E-state index >= 15 is 0 Å². The van der Waals surface area contributed by atoms with Crippen LogP contribution in [0.4, 0.5) is 0 Å². The van der Waals surface area contributed by atoms with Crippen molar-refractivity contribution < 1.29 is 14.3 Å². The van der Waals surface area contributed by atoms with Crippen molar-refractivity contribution in [3.8, 4) is 0 Å². The lowest BCUT2D eigenvalue weighted by Crippen LogP contribution is -2.53. The van der Waals surface area contributed by atoms with E-state index in [0.717, 1.165) is 45.5 Å². The van der Waals surface area contributed by atoms with Crippen molar-refractivity contribution in [3.63, 3.8) is 0 Å². The highest BCUT2D eigenvalue weighted by molar-refractivity contribution is 5.80. The smallest absolute Gasteiger partial charge is 0.325 e. The molecule has 5 nitrogen and oxygen atoms in total. The van der Waals surface area contributed by atoms with E-state index in [1.807, 2.05) is 6.92 Å². The van der Waals surface area contributed by atoms with Gasteiger partial charge in [-0.05, 0) is 46.6 Å². The van der Waals surface area contributed by atoms with E-state index < -0.39 is 5.54 Å². The van der Waals surface area contributed by atoms with E-state index in [9.17, 15) is 4.79 Å². The summed E-state index contributed by atoms with van der Waals surface area (Å²) in [6, 6.07) is 0.252. The Kier molecular flexibility index (Phi) is 7.63. The van der Waals surface area contributed by atoms with Gasteiger partial charge in [-0.25, -0.2) is 0 Å². The van der Waals surface area contributed by atoms with Crippen LogP contribution in [0.1, 0.15) is 47.0 Å². The highest BCUT2D eigenvalue weighted by Crippen LogP contribution is 2.17. The largest absolute Gasteiger partial charge is 0.468 e. The molecule has 0 aliphatic carbocycles. The average Bonchev–Trinajstić information content (AvgIpc) is 2.45. The minimum Gasteiger partial charge on any atom is -0.468 e. The van der Waals surface area contributed by atoms with E-state index in [1.54, 1.807) is 0 Å². The van der Waals surface area contributed by atoms with Gasteiger partial charge in [0.15, 0.2) is 0 Å². The maximum Gasteiger partial charge on any atom is 0.325 e. The van der Waals surface area contributed by atoms with Crippen LogP contribution in [0.5, 0.6) is 0 Å². The Labute approximate surface area is 129 Å². The van der Waals surface area contributed by atoms with Gasteiger partial charge in [0, 0.05) is 19.1 Å². The molecule has 0 bridgehead atoms. The normalized spacial score (nSPS) is 23.0. The molecule has 0 aromatic carbocycles. The number of ether oxygens (including phenoxy) is 2. The van der Waals surface area contributed by atoms with Crippen LogP contribution in [0.25, 0.3) is 0 Å². The Morgan fingerprint density at radius 3 is 2.81 bits per heavy atom. The molecule has 21 heavy (non-hydrogen) atoms. The number of rotatable bonds is 8. The van der Waals surface area contributed by atoms with Crippen LogP contribution in [0.2, 0.25) is 0 Å². The van der Waals surface area contributed by atoms with Crippen LogP contribution < -0.4 is 5.32 Å². The second kappa shape index (κ2) is 8.71. The van der Waals surface area contributed by atoms with Gasteiger partial charge in [0.25, 0.3) is 0 Å². The molecule has 2 unspecified atom stereocenters. The molecule has 1 fully saturated rings. The molecular formula is C16H32N2O3. The van der Waals surface area contributed by atoms with E-state index in [-0.39, 0.29) is 12.0 Å². The molecule has 0 spiro atoms. The summed E-state index contributed by atoms with van der Waals surface area (Å²) in [4.78, 5) is 14.5. The summed E-state index contributed by atoms with van der Waals surface area (Å²) in [5.74, 6) is -0.176. The molecule has 1 N–H and O–H groups in total. The number of hydrogen-bond donors (Lipinski definition) is 1. The highest BCUT2D eigenvalue weighted by Gasteiger charge is 2.34. The van der Waals surface area contributed by atoms with Crippen LogP contribution in [-0.2, 0) is 14.3 Å². The molecule has 5 heteroatoms. The van der Waals surface area contributed by atoms with Crippen molar-refractivity contribution in [2.45, 2.75) is 64.6 Å². The molecule has 0 saturated carbocycles. The lowest BCUT2D eigenvalue weighted by molar-refractivity contribution is -0.148. The van der Waals surface area contributed by atoms with Gasteiger partial charge in [-0.15, -0.1) is 0 Å². The van der Waals surface area contributed by atoms with Gasteiger partial charge in [-0.2, -0.15) is 0 Å². The summed E-state index contributed by atoms with van der Waals surface area (Å²) in [5.41, 5.74) is -0.598. The van der Waals surface area contributed by atoms with Crippen molar-refractivity contribution in [1.29, 1.82) is 0 Å². The Morgan fingerprint density at radius 1 is 1.52 bits per heavy atom. The fourth-order valence-electron chi connectivity index (χ4n) is 2.98. The Morgan fingerprint density at radius 2 is 2.24 bits per heavy atom. The maximum absolute atomic E-state index is 12.0. The van der Waals surface area contributed by atoms with E-state index in [4.69, 9.17) is 9.47 Å². The van der Waals surface area contributed by atoms with E-state index in [2.05, 4.69) is 31.0 Å². The van der Waals surface area contributed by atoms with Crippen molar-refractivity contribution in [2.75, 3.05) is 33.4 Å². The van der Waals surface area contributed by atoms with Crippen LogP contribution in [0.15, 0.2) is 0 Å². The number of esters is 1. The van der Waals surface area contributed by atoms with Crippen LogP contribution in [0, 0.1) is 0 Å². The number of methoxy groups -OCH3 is 1. The first-order valence-electron chi connectivity index (χ1n) is 8.11. The number of nitrogens with zero attached hydrogens (tertiary/aromatic N) is 1. The second-order valence-corrected chi connectivity index (χ2v) is 6.43. The predicted molar refractivity (Wildman–Crippen MR) is 84.4 cm³/mol. The average molecular weight is 300 g/mol. The summed E-state index contributed by atoms with van der Waals surface area (Å²) >= 11 is 0. The molecule has 1 heterocycles. The number of carbonyl (C=O) groups is 1. The molecular weight excluding hydrogens is 268 g/mol. The molecule has 0 aromatic heterocycles. The second-order valence-electron chi connectivity index (χ2n) is 6.43. The molecule has 2 atom stereocenters. The first kappa shape index (κ1) is 18.4. The first-order valence-corrected chi connectivity index (χ1v) is 8.11. The predicted octanol–water partition coefficient (Wildman–Crippen LogP) is 1.81. The third-order valence-electron chi connectivity index (χ3n) is 4.07. The topological polar surface area (TPSA) is 50.8 Å². The SMILES string of the molecule is CCC1CN(CCCC(C)(NC(C)C)C(=O)OC)CCO1. The standard InChI is InChI=1S/C16H32N2O3/c1-6-14-12-18(10-11-21-14)9-7-8-16(4,15(19)20-5)17-13(2)3/h13-14,17H,6-12H2,1-5H3. The quantitative estimate of drug-likeness (QED) is 0.693. The molecule has 0 amide bonds. The number of carbonyl (C=O) groups excluding carboxylic acids is 1. The fraction of sp³-hybridized carbons (Fsp3) is 0.938. The van der Waals surface area contributed by atoms with Gasteiger partial charge in [-0.1, -0.05) is 6.92 Å². The lowest BCUT2D eigenvalue weighted by atomic mass is 9.94. The summed E-state index contributed by atoms with van der Waals surface area (Å²) in [6.45, 7) is 12.0. The fourth-order valence-corrected chi connectivity index (χ4v) is 2.98. The summed E-state index contributed by atoms with van der Waals surface area (Å²) in [6.07, 6.45) is 3.18. The Bertz CT molecular complexity index is 323. The minimum atomic E-state index is -0.598. The van der Waals surface area contributed by atoms with Gasteiger partial charge in [0.2, 0.25) is 0 Å². The van der Waals surface area contributed by atoms with Gasteiger partial charge in [-0.3, -0.25) is 15.0 Å². The summed E-state index contributed by atoms with van der Waals surface area (Å²) in [7, 11) is 1.45. The number of morpholine rings is 1. The van der Waals surface area contributed by atoms with Crippen molar-refractivity contribution >= 4 is 5.97 Å². The zero-order valence-corrected chi connectivity index (χ0v) is 14.3. The molecule has 1 aliphatic heterocycles. The van der Waals surface area contributed by atoms with Gasteiger partial charge in [0.05, 0.1) is 19.8 Å². The first-order chi connectivity index (χ1) is 9.91. The van der Waals surface area contributed by atoms with E-state index in [1.165, 1.54) is 7.11 Å². The molecule has 1 aliphatic rings. The van der Waals surface area contributed by atoms with Crippen molar-refractivity contribution in [1.82, 2.24) is 10.2 Å². The molecule has 1 saturated heterocycles. The monoisotopic (exact) mass is 300 g/mol.